The Hall–Kier alpha value is -1.77. The van der Waals surface area contributed by atoms with Crippen LogP contribution in [0.3, 0.4) is 0 Å². The number of aromatic nitrogens is 2. The fraction of sp³-hybridized carbons (Fsp3) is 0.308. The van der Waals surface area contributed by atoms with Crippen molar-refractivity contribution in [2.45, 2.75) is 25.2 Å². The molecule has 0 amide bonds. The average molecular weight is 213 g/mol. The molecule has 0 saturated heterocycles. The number of aromatic amines is 1. The first-order valence-corrected chi connectivity index (χ1v) is 5.74. The van der Waals surface area contributed by atoms with Crippen molar-refractivity contribution in [1.82, 2.24) is 10.2 Å². The molecule has 0 aliphatic heterocycles. The van der Waals surface area contributed by atoms with Crippen LogP contribution < -0.4 is 5.73 Å². The van der Waals surface area contributed by atoms with Crippen molar-refractivity contribution < 1.29 is 0 Å². The lowest BCUT2D eigenvalue weighted by Gasteiger charge is -2.26. The number of anilines is 1. The summed E-state index contributed by atoms with van der Waals surface area (Å²) in [4.78, 5) is 0. The molecule has 16 heavy (non-hydrogen) atoms. The van der Waals surface area contributed by atoms with E-state index < -0.39 is 0 Å². The SMILES string of the molecule is Nc1[nH]ncc1-c1cccc(C2CCC2)c1. The van der Waals surface area contributed by atoms with E-state index in [2.05, 4.69) is 34.5 Å². The molecular formula is C13H15N3. The van der Waals surface area contributed by atoms with Crippen LogP contribution in [0.2, 0.25) is 0 Å². The van der Waals surface area contributed by atoms with Crippen molar-refractivity contribution in [3.8, 4) is 11.1 Å². The Bertz CT molecular complexity index is 497. The number of rotatable bonds is 2. The first-order valence-electron chi connectivity index (χ1n) is 5.74. The van der Waals surface area contributed by atoms with Crippen molar-refractivity contribution in [1.29, 1.82) is 0 Å². The van der Waals surface area contributed by atoms with E-state index in [9.17, 15) is 0 Å². The van der Waals surface area contributed by atoms with E-state index in [1.807, 2.05) is 0 Å². The van der Waals surface area contributed by atoms with Crippen LogP contribution in [0.5, 0.6) is 0 Å². The number of nitrogens with zero attached hydrogens (tertiary/aromatic N) is 1. The van der Waals surface area contributed by atoms with Gasteiger partial charge in [-0.2, -0.15) is 5.10 Å². The van der Waals surface area contributed by atoms with E-state index in [1.54, 1.807) is 6.20 Å². The van der Waals surface area contributed by atoms with Crippen molar-refractivity contribution in [2.24, 2.45) is 0 Å². The van der Waals surface area contributed by atoms with Crippen LogP contribution in [0.25, 0.3) is 11.1 Å². The first-order chi connectivity index (χ1) is 7.84. The lowest BCUT2D eigenvalue weighted by Crippen LogP contribution is -2.08. The second-order valence-corrected chi connectivity index (χ2v) is 4.45. The summed E-state index contributed by atoms with van der Waals surface area (Å²) in [6.45, 7) is 0. The molecule has 1 saturated carbocycles. The molecule has 0 unspecified atom stereocenters. The van der Waals surface area contributed by atoms with Crippen molar-refractivity contribution in [2.75, 3.05) is 5.73 Å². The Kier molecular flexibility index (Phi) is 2.17. The van der Waals surface area contributed by atoms with Crippen LogP contribution in [0.1, 0.15) is 30.7 Å². The summed E-state index contributed by atoms with van der Waals surface area (Å²) in [7, 11) is 0. The smallest absolute Gasteiger partial charge is 0.126 e. The maximum atomic E-state index is 5.83. The summed E-state index contributed by atoms with van der Waals surface area (Å²) in [5.74, 6) is 1.40. The predicted molar refractivity (Wildman–Crippen MR) is 65.0 cm³/mol. The Morgan fingerprint density at radius 2 is 2.19 bits per heavy atom. The molecule has 3 N–H and O–H groups in total. The maximum absolute atomic E-state index is 5.83. The third-order valence-corrected chi connectivity index (χ3v) is 3.44. The molecule has 1 aliphatic carbocycles. The molecule has 1 aromatic carbocycles. The molecule has 0 radical (unpaired) electrons. The zero-order valence-electron chi connectivity index (χ0n) is 9.11. The van der Waals surface area contributed by atoms with Crippen LogP contribution in [0.15, 0.2) is 30.5 Å². The van der Waals surface area contributed by atoms with Gasteiger partial charge in [0, 0.05) is 5.56 Å². The van der Waals surface area contributed by atoms with E-state index in [0.717, 1.165) is 17.0 Å². The zero-order chi connectivity index (χ0) is 11.0. The number of nitrogens with two attached hydrogens (primary N) is 1. The first kappa shape index (κ1) is 9.46. The number of nitrogen functional groups attached to an aromatic ring is 1. The fourth-order valence-corrected chi connectivity index (χ4v) is 2.23. The molecule has 1 fully saturated rings. The standard InChI is InChI=1S/C13H15N3/c14-13-12(8-15-16-13)11-6-2-5-10(7-11)9-3-1-4-9/h2,5-9H,1,3-4H2,(H3,14,15,16). The number of hydrogen-bond donors (Lipinski definition) is 2. The molecule has 82 valence electrons. The Morgan fingerprint density at radius 3 is 2.81 bits per heavy atom. The van der Waals surface area contributed by atoms with Crippen molar-refractivity contribution in [3.05, 3.63) is 36.0 Å². The Labute approximate surface area is 94.7 Å². The highest BCUT2D eigenvalue weighted by Gasteiger charge is 2.19. The van der Waals surface area contributed by atoms with Gasteiger partial charge in [-0.15, -0.1) is 0 Å². The Balaban J connectivity index is 1.98. The van der Waals surface area contributed by atoms with Gasteiger partial charge in [-0.05, 0) is 29.9 Å². The summed E-state index contributed by atoms with van der Waals surface area (Å²) in [5.41, 5.74) is 9.43. The van der Waals surface area contributed by atoms with Gasteiger partial charge in [0.15, 0.2) is 0 Å². The molecule has 1 heterocycles. The van der Waals surface area contributed by atoms with Gasteiger partial charge in [-0.1, -0.05) is 30.7 Å². The van der Waals surface area contributed by atoms with Crippen LogP contribution in [0, 0.1) is 0 Å². The third kappa shape index (κ3) is 1.48. The van der Waals surface area contributed by atoms with Crippen LogP contribution in [-0.4, -0.2) is 10.2 Å². The lowest BCUT2D eigenvalue weighted by molar-refractivity contribution is 0.420. The third-order valence-electron chi connectivity index (χ3n) is 3.44. The summed E-state index contributed by atoms with van der Waals surface area (Å²) >= 11 is 0. The predicted octanol–water partition coefficient (Wildman–Crippen LogP) is 2.93. The van der Waals surface area contributed by atoms with Gasteiger partial charge in [-0.3, -0.25) is 5.10 Å². The lowest BCUT2D eigenvalue weighted by atomic mass is 9.79. The highest BCUT2D eigenvalue weighted by Crippen LogP contribution is 2.37. The van der Waals surface area contributed by atoms with Gasteiger partial charge in [0.05, 0.1) is 6.20 Å². The quantitative estimate of drug-likeness (QED) is 0.805. The van der Waals surface area contributed by atoms with Gasteiger partial charge >= 0.3 is 0 Å². The number of nitrogens with one attached hydrogen (secondary N) is 1. The molecule has 3 nitrogen and oxygen atoms in total. The minimum Gasteiger partial charge on any atom is -0.384 e. The van der Waals surface area contributed by atoms with E-state index in [-0.39, 0.29) is 0 Å². The second kappa shape index (κ2) is 3.67. The molecule has 1 aliphatic rings. The summed E-state index contributed by atoms with van der Waals surface area (Å²) < 4.78 is 0. The van der Waals surface area contributed by atoms with E-state index in [0.29, 0.717) is 5.82 Å². The molecule has 2 aromatic rings. The van der Waals surface area contributed by atoms with E-state index >= 15 is 0 Å². The van der Waals surface area contributed by atoms with E-state index in [1.165, 1.54) is 24.8 Å². The van der Waals surface area contributed by atoms with Crippen LogP contribution >= 0.6 is 0 Å². The van der Waals surface area contributed by atoms with Crippen LogP contribution in [0.4, 0.5) is 5.82 Å². The molecule has 0 atom stereocenters. The van der Waals surface area contributed by atoms with Gasteiger partial charge in [0.2, 0.25) is 0 Å². The highest BCUT2D eigenvalue weighted by molar-refractivity contribution is 5.73. The topological polar surface area (TPSA) is 54.7 Å². The number of hydrogen-bond acceptors (Lipinski definition) is 2. The molecule has 0 bridgehead atoms. The molecule has 3 rings (SSSR count). The molecular weight excluding hydrogens is 198 g/mol. The minimum atomic E-state index is 0.644. The second-order valence-electron chi connectivity index (χ2n) is 4.45. The minimum absolute atomic E-state index is 0.644. The van der Waals surface area contributed by atoms with Crippen molar-refractivity contribution in [3.63, 3.8) is 0 Å². The molecule has 0 spiro atoms. The van der Waals surface area contributed by atoms with Gasteiger partial charge in [-0.25, -0.2) is 0 Å². The monoisotopic (exact) mass is 213 g/mol. The Morgan fingerprint density at radius 1 is 1.31 bits per heavy atom. The maximum Gasteiger partial charge on any atom is 0.126 e. The molecule has 3 heteroatoms. The average Bonchev–Trinajstić information content (AvgIpc) is 2.62. The largest absolute Gasteiger partial charge is 0.384 e. The fourth-order valence-electron chi connectivity index (χ4n) is 2.23. The summed E-state index contributed by atoms with van der Waals surface area (Å²) in [5, 5.41) is 6.73. The van der Waals surface area contributed by atoms with Gasteiger partial charge in [0.1, 0.15) is 5.82 Å². The molecule has 1 aromatic heterocycles. The van der Waals surface area contributed by atoms with Crippen LogP contribution in [-0.2, 0) is 0 Å². The summed E-state index contributed by atoms with van der Waals surface area (Å²) in [6, 6.07) is 8.65. The number of H-pyrrole nitrogens is 1. The summed E-state index contributed by atoms with van der Waals surface area (Å²) in [6.07, 6.45) is 5.80. The number of benzene rings is 1. The van der Waals surface area contributed by atoms with Gasteiger partial charge in [0.25, 0.3) is 0 Å². The van der Waals surface area contributed by atoms with Crippen molar-refractivity contribution >= 4 is 5.82 Å². The normalized spacial score (nSPS) is 16.0. The highest BCUT2D eigenvalue weighted by atomic mass is 15.1. The van der Waals surface area contributed by atoms with E-state index in [4.69, 9.17) is 5.73 Å². The zero-order valence-corrected chi connectivity index (χ0v) is 9.11. The van der Waals surface area contributed by atoms with Gasteiger partial charge < -0.3 is 5.73 Å².